The molecule has 1 fully saturated rings. The largest absolute Gasteiger partial charge is 0.323 e. The van der Waals surface area contributed by atoms with Crippen LogP contribution in [0.4, 0.5) is 10.1 Å². The highest BCUT2D eigenvalue weighted by Crippen LogP contribution is 2.27. The molecule has 3 rings (SSSR count). The molecule has 1 amide bonds. The standard InChI is InChI=1S/C20H20ClFN2O4S/c1-13(25)14-5-7-16(8-6-14)29(27,28)24-11-9-15(10-12-24)20(26)23-18-4-2-3-17(21)19(18)22/h2-8,15H,9-12H2,1H3,(H,23,26). The topological polar surface area (TPSA) is 83.6 Å². The van der Waals surface area contributed by atoms with Gasteiger partial charge >= 0.3 is 0 Å². The SMILES string of the molecule is CC(=O)c1ccc(S(=O)(=O)N2CCC(C(=O)Nc3cccc(Cl)c3F)CC2)cc1. The summed E-state index contributed by atoms with van der Waals surface area (Å²) in [6.07, 6.45) is 0.636. The lowest BCUT2D eigenvalue weighted by Crippen LogP contribution is -2.41. The van der Waals surface area contributed by atoms with Gasteiger partial charge in [-0.2, -0.15) is 4.31 Å². The Labute approximate surface area is 173 Å². The monoisotopic (exact) mass is 438 g/mol. The second-order valence-corrected chi connectivity index (χ2v) is 9.19. The lowest BCUT2D eigenvalue weighted by atomic mass is 9.97. The van der Waals surface area contributed by atoms with Gasteiger partial charge in [-0.05, 0) is 44.0 Å². The number of Topliss-reactive ketones (excluding diaryl/α,β-unsaturated/α-hetero) is 1. The fourth-order valence-corrected chi connectivity index (χ4v) is 4.85. The fraction of sp³-hybridized carbons (Fsp3) is 0.300. The highest BCUT2D eigenvalue weighted by Gasteiger charge is 2.32. The maximum absolute atomic E-state index is 14.0. The zero-order valence-corrected chi connectivity index (χ0v) is 17.3. The number of nitrogens with one attached hydrogen (secondary N) is 1. The van der Waals surface area contributed by atoms with E-state index in [4.69, 9.17) is 11.6 Å². The molecule has 1 heterocycles. The van der Waals surface area contributed by atoms with E-state index in [-0.39, 0.29) is 40.4 Å². The van der Waals surface area contributed by atoms with Crippen LogP contribution in [-0.4, -0.2) is 37.5 Å². The summed E-state index contributed by atoms with van der Waals surface area (Å²) in [5.74, 6) is -1.64. The number of sulfonamides is 1. The van der Waals surface area contributed by atoms with Gasteiger partial charge in [-0.25, -0.2) is 12.8 Å². The molecule has 0 saturated carbocycles. The first-order chi connectivity index (χ1) is 13.7. The molecule has 2 aromatic rings. The Kier molecular flexibility index (Phi) is 6.36. The summed E-state index contributed by atoms with van der Waals surface area (Å²) < 4.78 is 40.9. The van der Waals surface area contributed by atoms with Gasteiger partial charge in [-0.15, -0.1) is 0 Å². The molecule has 0 spiro atoms. The zero-order valence-electron chi connectivity index (χ0n) is 15.7. The molecule has 154 valence electrons. The molecule has 0 radical (unpaired) electrons. The smallest absolute Gasteiger partial charge is 0.243 e. The fourth-order valence-electron chi connectivity index (χ4n) is 3.20. The van der Waals surface area contributed by atoms with Crippen LogP contribution in [0, 0.1) is 11.7 Å². The molecule has 6 nitrogen and oxygen atoms in total. The Balaban J connectivity index is 1.64. The van der Waals surface area contributed by atoms with Crippen LogP contribution >= 0.6 is 11.6 Å². The maximum atomic E-state index is 14.0. The van der Waals surface area contributed by atoms with Crippen molar-refractivity contribution >= 4 is 39.0 Å². The minimum absolute atomic E-state index is 0.00288. The molecule has 9 heteroatoms. The third-order valence-corrected chi connectivity index (χ3v) is 7.14. The van der Waals surface area contributed by atoms with Crippen LogP contribution in [0.3, 0.4) is 0 Å². The number of hydrogen-bond donors (Lipinski definition) is 1. The van der Waals surface area contributed by atoms with Gasteiger partial charge in [0.1, 0.15) is 0 Å². The van der Waals surface area contributed by atoms with Gasteiger partial charge in [0.15, 0.2) is 11.6 Å². The van der Waals surface area contributed by atoms with E-state index in [1.54, 1.807) is 0 Å². The van der Waals surface area contributed by atoms with Crippen molar-refractivity contribution < 1.29 is 22.4 Å². The van der Waals surface area contributed by atoms with Crippen molar-refractivity contribution in [2.24, 2.45) is 5.92 Å². The van der Waals surface area contributed by atoms with Crippen molar-refractivity contribution in [3.8, 4) is 0 Å². The van der Waals surface area contributed by atoms with E-state index in [1.165, 1.54) is 53.7 Å². The molecule has 1 N–H and O–H groups in total. The number of anilines is 1. The number of carbonyl (C=O) groups is 2. The van der Waals surface area contributed by atoms with Gasteiger partial charge in [-0.3, -0.25) is 9.59 Å². The number of carbonyl (C=O) groups excluding carboxylic acids is 2. The number of amides is 1. The molecular formula is C20H20ClFN2O4S. The summed E-state index contributed by atoms with van der Waals surface area (Å²) in [6, 6.07) is 10.1. The van der Waals surface area contributed by atoms with E-state index in [1.807, 2.05) is 0 Å². The first-order valence-electron chi connectivity index (χ1n) is 9.06. The highest BCUT2D eigenvalue weighted by atomic mass is 35.5. The van der Waals surface area contributed by atoms with E-state index in [2.05, 4.69) is 5.32 Å². The molecular weight excluding hydrogens is 419 g/mol. The Hall–Kier alpha value is -2.29. The Morgan fingerprint density at radius 2 is 1.72 bits per heavy atom. The number of rotatable bonds is 5. The summed E-state index contributed by atoms with van der Waals surface area (Å²) in [5.41, 5.74) is 0.440. The predicted molar refractivity (Wildman–Crippen MR) is 108 cm³/mol. The van der Waals surface area contributed by atoms with Crippen LogP contribution in [0.25, 0.3) is 0 Å². The van der Waals surface area contributed by atoms with Crippen LogP contribution in [0.1, 0.15) is 30.1 Å². The van der Waals surface area contributed by atoms with E-state index in [0.29, 0.717) is 18.4 Å². The lowest BCUT2D eigenvalue weighted by Gasteiger charge is -2.30. The van der Waals surface area contributed by atoms with Gasteiger partial charge in [0.05, 0.1) is 15.6 Å². The quantitative estimate of drug-likeness (QED) is 0.721. The lowest BCUT2D eigenvalue weighted by molar-refractivity contribution is -0.120. The molecule has 2 aromatic carbocycles. The predicted octanol–water partition coefficient (Wildman–Crippen LogP) is 3.72. The van der Waals surface area contributed by atoms with E-state index in [0.717, 1.165) is 0 Å². The normalized spacial score (nSPS) is 15.8. The van der Waals surface area contributed by atoms with Gasteiger partial charge in [-0.1, -0.05) is 29.8 Å². The van der Waals surface area contributed by atoms with Crippen molar-refractivity contribution in [1.29, 1.82) is 0 Å². The van der Waals surface area contributed by atoms with Crippen molar-refractivity contribution in [1.82, 2.24) is 4.31 Å². The molecule has 1 aliphatic rings. The van der Waals surface area contributed by atoms with E-state index < -0.39 is 21.8 Å². The molecule has 1 aliphatic heterocycles. The van der Waals surface area contributed by atoms with Crippen LogP contribution < -0.4 is 5.32 Å². The summed E-state index contributed by atoms with van der Waals surface area (Å²) in [7, 11) is -3.71. The van der Waals surface area contributed by atoms with Crippen molar-refractivity contribution in [2.75, 3.05) is 18.4 Å². The second kappa shape index (κ2) is 8.61. The van der Waals surface area contributed by atoms with E-state index in [9.17, 15) is 22.4 Å². The Morgan fingerprint density at radius 3 is 2.31 bits per heavy atom. The minimum atomic E-state index is -3.71. The van der Waals surface area contributed by atoms with Gasteiger partial charge in [0.2, 0.25) is 15.9 Å². The molecule has 0 atom stereocenters. The summed E-state index contributed by atoms with van der Waals surface area (Å²) in [4.78, 5) is 23.9. The van der Waals surface area contributed by atoms with Gasteiger partial charge in [0.25, 0.3) is 0 Å². The van der Waals surface area contributed by atoms with Gasteiger partial charge in [0, 0.05) is 24.6 Å². The van der Waals surface area contributed by atoms with Crippen LogP contribution in [0.5, 0.6) is 0 Å². The number of hydrogen-bond acceptors (Lipinski definition) is 4. The third-order valence-electron chi connectivity index (χ3n) is 4.93. The van der Waals surface area contributed by atoms with E-state index >= 15 is 0 Å². The first-order valence-corrected chi connectivity index (χ1v) is 10.9. The van der Waals surface area contributed by atoms with Crippen molar-refractivity contribution in [3.05, 3.63) is 58.9 Å². The first kappa shape index (κ1) is 21.4. The molecule has 0 unspecified atom stereocenters. The number of piperidine rings is 1. The summed E-state index contributed by atoms with van der Waals surface area (Å²) >= 11 is 5.72. The molecule has 29 heavy (non-hydrogen) atoms. The average Bonchev–Trinajstić information content (AvgIpc) is 2.71. The Bertz CT molecular complexity index is 1030. The Morgan fingerprint density at radius 1 is 1.10 bits per heavy atom. The van der Waals surface area contributed by atoms with Crippen molar-refractivity contribution in [3.63, 3.8) is 0 Å². The van der Waals surface area contributed by atoms with Crippen LogP contribution in [0.2, 0.25) is 5.02 Å². The maximum Gasteiger partial charge on any atom is 0.243 e. The highest BCUT2D eigenvalue weighted by molar-refractivity contribution is 7.89. The molecule has 0 aliphatic carbocycles. The number of ketones is 1. The molecule has 1 saturated heterocycles. The minimum Gasteiger partial charge on any atom is -0.323 e. The summed E-state index contributed by atoms with van der Waals surface area (Å²) in [5, 5.41) is 2.44. The van der Waals surface area contributed by atoms with Crippen molar-refractivity contribution in [2.45, 2.75) is 24.7 Å². The van der Waals surface area contributed by atoms with Gasteiger partial charge < -0.3 is 5.32 Å². The molecule has 0 bridgehead atoms. The number of nitrogens with zero attached hydrogens (tertiary/aromatic N) is 1. The zero-order chi connectivity index (χ0) is 21.2. The van der Waals surface area contributed by atoms with Crippen LogP contribution in [-0.2, 0) is 14.8 Å². The number of halogens is 2. The number of benzene rings is 2. The second-order valence-electron chi connectivity index (χ2n) is 6.85. The third kappa shape index (κ3) is 4.66. The van der Waals surface area contributed by atoms with Crippen LogP contribution in [0.15, 0.2) is 47.4 Å². The molecule has 0 aromatic heterocycles. The summed E-state index contributed by atoms with van der Waals surface area (Å²) in [6.45, 7) is 1.76. The average molecular weight is 439 g/mol.